The Kier molecular flexibility index (Phi) is 6.22. The fourth-order valence-electron chi connectivity index (χ4n) is 2.43. The van der Waals surface area contributed by atoms with Gasteiger partial charge in [-0.1, -0.05) is 24.3 Å². The van der Waals surface area contributed by atoms with Gasteiger partial charge in [0.05, 0.1) is 12.5 Å². The van der Waals surface area contributed by atoms with Crippen LogP contribution in [0.15, 0.2) is 48.5 Å². The zero-order chi connectivity index (χ0) is 19.2. The van der Waals surface area contributed by atoms with E-state index in [0.29, 0.717) is 12.3 Å². The monoisotopic (exact) mass is 357 g/mol. The summed E-state index contributed by atoms with van der Waals surface area (Å²) in [5.41, 5.74) is 1.00. The van der Waals surface area contributed by atoms with Crippen molar-refractivity contribution >= 4 is 11.9 Å². The summed E-state index contributed by atoms with van der Waals surface area (Å²) in [5, 5.41) is 11.6. The average Bonchev–Trinajstić information content (AvgIpc) is 2.64. The number of hydrogen-bond donors (Lipinski definition) is 2. The summed E-state index contributed by atoms with van der Waals surface area (Å²) in [4.78, 5) is 23.2. The van der Waals surface area contributed by atoms with Crippen LogP contribution in [0.3, 0.4) is 0 Å². The number of methoxy groups -OCH3 is 1. The van der Waals surface area contributed by atoms with Crippen LogP contribution in [0.1, 0.15) is 25.0 Å². The summed E-state index contributed by atoms with van der Waals surface area (Å²) in [7, 11) is 1.60. The SMILES string of the molecule is COc1ccc(C(C)(C)C(=O)NCc2cccc(OCC(=O)O)c2)cc1. The molecular formula is C20H23NO5. The Labute approximate surface area is 152 Å². The number of aliphatic carboxylic acids is 1. The first kappa shape index (κ1) is 19.3. The molecule has 2 N–H and O–H groups in total. The van der Waals surface area contributed by atoms with Gasteiger partial charge in [-0.2, -0.15) is 0 Å². The van der Waals surface area contributed by atoms with Crippen molar-refractivity contribution in [3.05, 3.63) is 59.7 Å². The van der Waals surface area contributed by atoms with Crippen LogP contribution in [-0.4, -0.2) is 30.7 Å². The van der Waals surface area contributed by atoms with Crippen molar-refractivity contribution in [1.29, 1.82) is 0 Å². The van der Waals surface area contributed by atoms with Crippen molar-refractivity contribution < 1.29 is 24.2 Å². The third kappa shape index (κ3) is 4.99. The van der Waals surface area contributed by atoms with Gasteiger partial charge in [0.25, 0.3) is 0 Å². The quantitative estimate of drug-likeness (QED) is 0.759. The van der Waals surface area contributed by atoms with E-state index in [1.165, 1.54) is 0 Å². The highest BCUT2D eigenvalue weighted by Crippen LogP contribution is 2.25. The molecule has 138 valence electrons. The third-order valence-corrected chi connectivity index (χ3v) is 4.09. The number of rotatable bonds is 8. The predicted molar refractivity (Wildman–Crippen MR) is 97.4 cm³/mol. The topological polar surface area (TPSA) is 84.9 Å². The van der Waals surface area contributed by atoms with E-state index in [9.17, 15) is 9.59 Å². The molecule has 6 heteroatoms. The van der Waals surface area contributed by atoms with Gasteiger partial charge < -0.3 is 19.9 Å². The van der Waals surface area contributed by atoms with Gasteiger partial charge in [0.1, 0.15) is 11.5 Å². The minimum atomic E-state index is -1.04. The molecule has 2 aromatic carbocycles. The number of amides is 1. The Morgan fingerprint density at radius 3 is 2.38 bits per heavy atom. The Balaban J connectivity index is 2.00. The van der Waals surface area contributed by atoms with E-state index in [2.05, 4.69) is 5.32 Å². The third-order valence-electron chi connectivity index (χ3n) is 4.09. The Morgan fingerprint density at radius 2 is 1.77 bits per heavy atom. The molecular weight excluding hydrogens is 334 g/mol. The fourth-order valence-corrected chi connectivity index (χ4v) is 2.43. The molecule has 0 saturated heterocycles. The van der Waals surface area contributed by atoms with Gasteiger partial charge in [0.2, 0.25) is 5.91 Å². The van der Waals surface area contributed by atoms with E-state index in [-0.39, 0.29) is 5.91 Å². The summed E-state index contributed by atoms with van der Waals surface area (Å²) >= 11 is 0. The first-order valence-electron chi connectivity index (χ1n) is 8.19. The summed E-state index contributed by atoms with van der Waals surface area (Å²) in [6.45, 7) is 3.63. The molecule has 0 spiro atoms. The molecule has 0 aromatic heterocycles. The van der Waals surface area contributed by atoms with Crippen molar-refractivity contribution in [2.24, 2.45) is 0 Å². The second-order valence-electron chi connectivity index (χ2n) is 6.37. The van der Waals surface area contributed by atoms with E-state index in [1.807, 2.05) is 44.2 Å². The number of carboxylic acids is 1. The summed E-state index contributed by atoms with van der Waals surface area (Å²) in [6.07, 6.45) is 0. The Morgan fingerprint density at radius 1 is 1.08 bits per heavy atom. The summed E-state index contributed by atoms with van der Waals surface area (Å²) in [6, 6.07) is 14.4. The second-order valence-corrected chi connectivity index (χ2v) is 6.37. The van der Waals surface area contributed by atoms with Crippen molar-refractivity contribution in [3.8, 4) is 11.5 Å². The lowest BCUT2D eigenvalue weighted by Crippen LogP contribution is -2.39. The molecule has 0 aliphatic heterocycles. The summed E-state index contributed by atoms with van der Waals surface area (Å²) in [5.74, 6) is 0.0427. The predicted octanol–water partition coefficient (Wildman–Crippen LogP) is 2.75. The minimum absolute atomic E-state index is 0.112. The lowest BCUT2D eigenvalue weighted by atomic mass is 9.83. The lowest BCUT2D eigenvalue weighted by molar-refractivity contribution is -0.139. The summed E-state index contributed by atoms with van der Waals surface area (Å²) < 4.78 is 10.3. The molecule has 1 amide bonds. The van der Waals surface area contributed by atoms with Gasteiger partial charge in [-0.3, -0.25) is 4.79 Å². The van der Waals surface area contributed by atoms with Gasteiger partial charge in [-0.25, -0.2) is 4.79 Å². The second kappa shape index (κ2) is 8.38. The normalized spacial score (nSPS) is 10.9. The molecule has 0 heterocycles. The van der Waals surface area contributed by atoms with Crippen LogP contribution in [0, 0.1) is 0 Å². The van der Waals surface area contributed by atoms with Crippen LogP contribution < -0.4 is 14.8 Å². The molecule has 26 heavy (non-hydrogen) atoms. The molecule has 0 aliphatic rings. The maximum Gasteiger partial charge on any atom is 0.341 e. The van der Waals surface area contributed by atoms with E-state index in [4.69, 9.17) is 14.6 Å². The zero-order valence-corrected chi connectivity index (χ0v) is 15.1. The van der Waals surface area contributed by atoms with E-state index >= 15 is 0 Å². The molecule has 0 unspecified atom stereocenters. The minimum Gasteiger partial charge on any atom is -0.497 e. The van der Waals surface area contributed by atoms with Crippen molar-refractivity contribution in [2.75, 3.05) is 13.7 Å². The molecule has 0 radical (unpaired) electrons. The molecule has 0 atom stereocenters. The maximum absolute atomic E-state index is 12.6. The number of hydrogen-bond acceptors (Lipinski definition) is 4. The van der Waals surface area contributed by atoms with Gasteiger partial charge in [0.15, 0.2) is 6.61 Å². The maximum atomic E-state index is 12.6. The smallest absolute Gasteiger partial charge is 0.341 e. The first-order chi connectivity index (χ1) is 12.3. The van der Waals surface area contributed by atoms with E-state index in [1.54, 1.807) is 25.3 Å². The number of nitrogens with one attached hydrogen (secondary N) is 1. The van der Waals surface area contributed by atoms with E-state index in [0.717, 1.165) is 16.9 Å². The highest BCUT2D eigenvalue weighted by Gasteiger charge is 2.29. The molecule has 6 nitrogen and oxygen atoms in total. The van der Waals surface area contributed by atoms with Crippen molar-refractivity contribution in [2.45, 2.75) is 25.8 Å². The molecule has 0 saturated carbocycles. The molecule has 0 bridgehead atoms. The van der Waals surface area contributed by atoms with Crippen LogP contribution in [-0.2, 0) is 21.5 Å². The Bertz CT molecular complexity index is 768. The highest BCUT2D eigenvalue weighted by atomic mass is 16.5. The molecule has 2 rings (SSSR count). The van der Waals surface area contributed by atoms with Crippen LogP contribution in [0.4, 0.5) is 0 Å². The molecule has 0 fully saturated rings. The largest absolute Gasteiger partial charge is 0.497 e. The van der Waals surface area contributed by atoms with Gasteiger partial charge in [-0.15, -0.1) is 0 Å². The first-order valence-corrected chi connectivity index (χ1v) is 8.19. The number of carbonyl (C=O) groups is 2. The van der Waals surface area contributed by atoms with Gasteiger partial charge in [-0.05, 0) is 49.2 Å². The Hall–Kier alpha value is -3.02. The van der Waals surface area contributed by atoms with Crippen molar-refractivity contribution in [1.82, 2.24) is 5.32 Å². The highest BCUT2D eigenvalue weighted by molar-refractivity contribution is 5.87. The lowest BCUT2D eigenvalue weighted by Gasteiger charge is -2.24. The molecule has 0 aliphatic carbocycles. The fraction of sp³-hybridized carbons (Fsp3) is 0.300. The average molecular weight is 357 g/mol. The standard InChI is InChI=1S/C20H23NO5/c1-20(2,15-7-9-16(25-3)10-8-15)19(24)21-12-14-5-4-6-17(11-14)26-13-18(22)23/h4-11H,12-13H2,1-3H3,(H,21,24)(H,22,23). The zero-order valence-electron chi connectivity index (χ0n) is 15.1. The van der Waals surface area contributed by atoms with Gasteiger partial charge >= 0.3 is 5.97 Å². The molecule has 2 aromatic rings. The van der Waals surface area contributed by atoms with Crippen molar-refractivity contribution in [3.63, 3.8) is 0 Å². The van der Waals surface area contributed by atoms with Crippen LogP contribution in [0.2, 0.25) is 0 Å². The number of carbonyl (C=O) groups excluding carboxylic acids is 1. The number of ether oxygens (including phenoxy) is 2. The van der Waals surface area contributed by atoms with Crippen LogP contribution >= 0.6 is 0 Å². The van der Waals surface area contributed by atoms with Crippen LogP contribution in [0.25, 0.3) is 0 Å². The van der Waals surface area contributed by atoms with E-state index < -0.39 is 18.0 Å². The van der Waals surface area contributed by atoms with Gasteiger partial charge in [0, 0.05) is 6.54 Å². The number of carboxylic acid groups (broad SMARTS) is 1. The van der Waals surface area contributed by atoms with Crippen LogP contribution in [0.5, 0.6) is 11.5 Å². The number of benzene rings is 2.